The molecule has 8 nitrogen and oxygen atoms in total. The summed E-state index contributed by atoms with van der Waals surface area (Å²) in [7, 11) is 1.73. The summed E-state index contributed by atoms with van der Waals surface area (Å²) in [5.41, 5.74) is 0.474. The molecule has 1 atom stereocenters. The Kier molecular flexibility index (Phi) is 6.54. The van der Waals surface area contributed by atoms with Crippen molar-refractivity contribution >= 4 is 16.9 Å². The van der Waals surface area contributed by atoms with Gasteiger partial charge in [-0.1, -0.05) is 0 Å². The molecule has 1 aromatic carbocycles. The number of imidazole rings is 1. The molecule has 5 rings (SSSR count). The lowest BCUT2D eigenvalue weighted by atomic mass is 10.0. The Morgan fingerprint density at radius 2 is 1.95 bits per heavy atom. The van der Waals surface area contributed by atoms with E-state index in [1.807, 2.05) is 13.0 Å². The summed E-state index contributed by atoms with van der Waals surface area (Å²) in [6.45, 7) is 1.86. The van der Waals surface area contributed by atoms with E-state index in [0.717, 1.165) is 31.7 Å². The van der Waals surface area contributed by atoms with Crippen LogP contribution >= 0.6 is 0 Å². The minimum atomic E-state index is -4.67. The molecule has 194 valence electrons. The average molecular weight is 513 g/mol. The first-order chi connectivity index (χ1) is 17.7. The Morgan fingerprint density at radius 3 is 2.59 bits per heavy atom. The van der Waals surface area contributed by atoms with Gasteiger partial charge in [0.25, 0.3) is 0 Å². The third kappa shape index (κ3) is 4.73. The van der Waals surface area contributed by atoms with Crippen LogP contribution in [0.2, 0.25) is 0 Å². The van der Waals surface area contributed by atoms with Crippen molar-refractivity contribution < 1.29 is 22.7 Å². The van der Waals surface area contributed by atoms with Crippen LogP contribution in [0.5, 0.6) is 5.75 Å². The molecule has 0 spiro atoms. The summed E-state index contributed by atoms with van der Waals surface area (Å²) in [5.74, 6) is -0.475. The highest BCUT2D eigenvalue weighted by Gasteiger charge is 2.43. The number of fused-ring (bicyclic) bond motifs is 3. The third-order valence-electron chi connectivity index (χ3n) is 7.39. The Labute approximate surface area is 212 Å². The Bertz CT molecular complexity index is 1360. The number of carbonyl (C=O) groups excluding carboxylic acids is 1. The van der Waals surface area contributed by atoms with Gasteiger partial charge in [0.1, 0.15) is 23.9 Å². The highest BCUT2D eigenvalue weighted by molar-refractivity contribution is 5.84. The number of pyridine rings is 1. The standard InChI is InChI=1S/C26H27F3N6O2/c1-15(35-17-4-5-18(35)7-6-17)25(36)31-9-10-37-23-8-3-16(11-19(23)26(27,28)29)20-12-22-24(21(13-30)33-20)32-14-34(22)2/h3,8,11-12,14-15,17-18H,4-7,9-10H2,1-2H3,(H,31,36). The van der Waals surface area contributed by atoms with Gasteiger partial charge in [-0.2, -0.15) is 18.4 Å². The van der Waals surface area contributed by atoms with Gasteiger partial charge >= 0.3 is 6.18 Å². The molecule has 1 amide bonds. The molecule has 2 bridgehead atoms. The molecule has 37 heavy (non-hydrogen) atoms. The first kappa shape index (κ1) is 25.0. The van der Waals surface area contributed by atoms with Gasteiger partial charge in [-0.15, -0.1) is 0 Å². The van der Waals surface area contributed by atoms with Crippen LogP contribution in [-0.2, 0) is 18.0 Å². The van der Waals surface area contributed by atoms with E-state index < -0.39 is 11.7 Å². The average Bonchev–Trinajstić information content (AvgIpc) is 3.59. The Balaban J connectivity index is 1.29. The van der Waals surface area contributed by atoms with Gasteiger partial charge in [0.2, 0.25) is 5.91 Å². The van der Waals surface area contributed by atoms with Crippen LogP contribution in [0.3, 0.4) is 0 Å². The molecular weight excluding hydrogens is 485 g/mol. The van der Waals surface area contributed by atoms with Crippen molar-refractivity contribution in [2.24, 2.45) is 7.05 Å². The number of carbonyl (C=O) groups is 1. The van der Waals surface area contributed by atoms with Crippen LogP contribution in [0.15, 0.2) is 30.6 Å². The summed E-state index contributed by atoms with van der Waals surface area (Å²) < 4.78 is 48.9. The maximum atomic E-state index is 13.9. The number of benzene rings is 1. The van der Waals surface area contributed by atoms with Gasteiger partial charge in [0, 0.05) is 24.7 Å². The normalized spacial score (nSPS) is 20.2. The number of aromatic nitrogens is 3. The molecule has 1 unspecified atom stereocenters. The second-order valence-electron chi connectivity index (χ2n) is 9.62. The molecule has 2 aromatic heterocycles. The number of amides is 1. The maximum absolute atomic E-state index is 13.9. The SMILES string of the molecule is CC(C(=O)NCCOc1ccc(-c2cc3c(ncn3C)c(C#N)n2)cc1C(F)(F)F)N1C2CCC1CC2. The summed E-state index contributed by atoms with van der Waals surface area (Å²) in [4.78, 5) is 23.2. The molecule has 2 fully saturated rings. The molecule has 0 radical (unpaired) electrons. The lowest BCUT2D eigenvalue weighted by molar-refractivity contribution is -0.139. The number of nitrogens with one attached hydrogen (secondary N) is 1. The van der Waals surface area contributed by atoms with Crippen LogP contribution in [0.25, 0.3) is 22.3 Å². The summed E-state index contributed by atoms with van der Waals surface area (Å²) in [6, 6.07) is 7.86. The quantitative estimate of drug-likeness (QED) is 0.480. The van der Waals surface area contributed by atoms with Gasteiger partial charge < -0.3 is 14.6 Å². The zero-order valence-corrected chi connectivity index (χ0v) is 20.5. The number of nitrogens with zero attached hydrogens (tertiary/aromatic N) is 5. The van der Waals surface area contributed by atoms with Crippen molar-refractivity contribution in [3.8, 4) is 23.1 Å². The summed E-state index contributed by atoms with van der Waals surface area (Å²) >= 11 is 0. The fourth-order valence-electron chi connectivity index (χ4n) is 5.59. The third-order valence-corrected chi connectivity index (χ3v) is 7.39. The largest absolute Gasteiger partial charge is 0.491 e. The van der Waals surface area contributed by atoms with E-state index >= 15 is 0 Å². The number of rotatable bonds is 7. The summed E-state index contributed by atoms with van der Waals surface area (Å²) in [5, 5.41) is 12.2. The lowest BCUT2D eigenvalue weighted by Gasteiger charge is -2.28. The highest BCUT2D eigenvalue weighted by Crippen LogP contribution is 2.40. The van der Waals surface area contributed by atoms with Crippen LogP contribution in [0.1, 0.15) is 43.9 Å². The first-order valence-corrected chi connectivity index (χ1v) is 12.3. The minimum absolute atomic E-state index is 0.0360. The Morgan fingerprint density at radius 1 is 1.24 bits per heavy atom. The van der Waals surface area contributed by atoms with Crippen LogP contribution in [0, 0.1) is 11.3 Å². The van der Waals surface area contributed by atoms with E-state index in [9.17, 15) is 23.2 Å². The van der Waals surface area contributed by atoms with Gasteiger partial charge in [-0.25, -0.2) is 9.97 Å². The molecule has 3 aromatic rings. The molecule has 2 saturated heterocycles. The zero-order valence-electron chi connectivity index (χ0n) is 20.5. The fraction of sp³-hybridized carbons (Fsp3) is 0.462. The van der Waals surface area contributed by atoms with E-state index in [4.69, 9.17) is 4.74 Å². The smallest absolute Gasteiger partial charge is 0.419 e. The monoisotopic (exact) mass is 512 g/mol. The molecule has 1 N–H and O–H groups in total. The van der Waals surface area contributed by atoms with Gasteiger partial charge in [0.05, 0.1) is 35.7 Å². The topological polar surface area (TPSA) is 96.1 Å². The molecule has 0 saturated carbocycles. The number of halogens is 3. The predicted molar refractivity (Wildman–Crippen MR) is 130 cm³/mol. The van der Waals surface area contributed by atoms with Crippen LogP contribution < -0.4 is 10.1 Å². The number of aryl methyl sites for hydroxylation is 1. The fourth-order valence-corrected chi connectivity index (χ4v) is 5.59. The van der Waals surface area contributed by atoms with E-state index in [2.05, 4.69) is 20.2 Å². The maximum Gasteiger partial charge on any atom is 0.419 e. The molecule has 2 aliphatic rings. The number of ether oxygens (including phenoxy) is 1. The van der Waals surface area contributed by atoms with Crippen molar-refractivity contribution in [2.75, 3.05) is 13.2 Å². The lowest BCUT2D eigenvalue weighted by Crippen LogP contribution is -2.48. The van der Waals surface area contributed by atoms with Crippen molar-refractivity contribution in [1.29, 1.82) is 5.26 Å². The number of hydrogen-bond donors (Lipinski definition) is 1. The molecular formula is C26H27F3N6O2. The number of alkyl halides is 3. The van der Waals surface area contributed by atoms with Crippen LogP contribution in [0.4, 0.5) is 13.2 Å². The number of nitriles is 1. The second-order valence-corrected chi connectivity index (χ2v) is 9.62. The van der Waals surface area contributed by atoms with E-state index in [-0.39, 0.29) is 47.8 Å². The Hall–Kier alpha value is -3.65. The van der Waals surface area contributed by atoms with Crippen LogP contribution in [-0.4, -0.2) is 56.6 Å². The van der Waals surface area contributed by atoms with E-state index in [1.54, 1.807) is 17.7 Å². The molecule has 11 heteroatoms. The van der Waals surface area contributed by atoms with Crippen molar-refractivity contribution in [3.05, 3.63) is 41.9 Å². The van der Waals surface area contributed by atoms with E-state index in [1.165, 1.54) is 18.5 Å². The minimum Gasteiger partial charge on any atom is -0.491 e. The van der Waals surface area contributed by atoms with Crippen molar-refractivity contribution in [3.63, 3.8) is 0 Å². The van der Waals surface area contributed by atoms with Crippen molar-refractivity contribution in [2.45, 2.75) is 56.9 Å². The zero-order chi connectivity index (χ0) is 26.3. The predicted octanol–water partition coefficient (Wildman–Crippen LogP) is 4.04. The van der Waals surface area contributed by atoms with Gasteiger partial charge in [0.15, 0.2) is 5.69 Å². The number of hydrogen-bond acceptors (Lipinski definition) is 6. The van der Waals surface area contributed by atoms with Gasteiger partial charge in [-0.3, -0.25) is 9.69 Å². The van der Waals surface area contributed by atoms with E-state index in [0.29, 0.717) is 23.1 Å². The summed E-state index contributed by atoms with van der Waals surface area (Å²) in [6.07, 6.45) is 1.31. The van der Waals surface area contributed by atoms with Gasteiger partial charge in [-0.05, 0) is 56.9 Å². The molecule has 2 aliphatic heterocycles. The highest BCUT2D eigenvalue weighted by atomic mass is 19.4. The second kappa shape index (κ2) is 9.67. The van der Waals surface area contributed by atoms with Crippen molar-refractivity contribution in [1.82, 2.24) is 24.8 Å². The first-order valence-electron chi connectivity index (χ1n) is 12.3. The molecule has 0 aliphatic carbocycles. The molecule has 4 heterocycles.